The van der Waals surface area contributed by atoms with E-state index in [9.17, 15) is 4.79 Å². The van der Waals surface area contributed by atoms with Crippen LogP contribution in [-0.4, -0.2) is 72.6 Å². The standard InChI is InChI=1S/C15H30N4O/c1-2-14(13-16)17-9-11-19(12-10-17)15(20)18-7-5-3-4-6-8-18/h14H,2-13,16H2,1H3. The van der Waals surface area contributed by atoms with Crippen molar-refractivity contribution in [3.8, 4) is 0 Å². The number of likely N-dealkylation sites (tertiary alicyclic amines) is 1. The van der Waals surface area contributed by atoms with E-state index in [0.29, 0.717) is 6.04 Å². The zero-order valence-electron chi connectivity index (χ0n) is 12.9. The smallest absolute Gasteiger partial charge is 0.320 e. The van der Waals surface area contributed by atoms with Gasteiger partial charge in [0.2, 0.25) is 0 Å². The van der Waals surface area contributed by atoms with Gasteiger partial charge in [-0.15, -0.1) is 0 Å². The number of carbonyl (C=O) groups is 1. The molecule has 0 spiro atoms. The minimum absolute atomic E-state index is 0.257. The summed E-state index contributed by atoms with van der Waals surface area (Å²) in [5.74, 6) is 0. The third-order valence-corrected chi connectivity index (χ3v) is 4.72. The molecule has 0 radical (unpaired) electrons. The largest absolute Gasteiger partial charge is 0.329 e. The SMILES string of the molecule is CCC(CN)N1CCN(C(=O)N2CCCCCC2)CC1. The Morgan fingerprint density at radius 1 is 0.950 bits per heavy atom. The molecule has 2 N–H and O–H groups in total. The molecule has 2 saturated heterocycles. The van der Waals surface area contributed by atoms with E-state index in [2.05, 4.69) is 16.7 Å². The van der Waals surface area contributed by atoms with Gasteiger partial charge in [-0.3, -0.25) is 4.90 Å². The van der Waals surface area contributed by atoms with Crippen LogP contribution >= 0.6 is 0 Å². The minimum atomic E-state index is 0.257. The second-order valence-electron chi connectivity index (χ2n) is 6.00. The summed E-state index contributed by atoms with van der Waals surface area (Å²) in [5.41, 5.74) is 5.81. The van der Waals surface area contributed by atoms with Gasteiger partial charge < -0.3 is 15.5 Å². The Bertz CT molecular complexity index is 290. The molecule has 20 heavy (non-hydrogen) atoms. The fourth-order valence-corrected chi connectivity index (χ4v) is 3.31. The van der Waals surface area contributed by atoms with E-state index >= 15 is 0 Å². The Hall–Kier alpha value is -0.810. The van der Waals surface area contributed by atoms with Crippen molar-refractivity contribution in [2.24, 2.45) is 5.73 Å². The Kier molecular flexibility index (Phi) is 6.10. The van der Waals surface area contributed by atoms with Crippen LogP contribution in [0.15, 0.2) is 0 Å². The average Bonchev–Trinajstić information content (AvgIpc) is 2.77. The zero-order chi connectivity index (χ0) is 14.4. The summed E-state index contributed by atoms with van der Waals surface area (Å²) in [7, 11) is 0. The molecule has 0 aromatic rings. The number of piperazine rings is 1. The Morgan fingerprint density at radius 2 is 1.50 bits per heavy atom. The molecule has 0 bridgehead atoms. The fourth-order valence-electron chi connectivity index (χ4n) is 3.31. The van der Waals surface area contributed by atoms with Crippen LogP contribution in [0.5, 0.6) is 0 Å². The minimum Gasteiger partial charge on any atom is -0.329 e. The Labute approximate surface area is 123 Å². The van der Waals surface area contributed by atoms with Crippen LogP contribution in [0.25, 0.3) is 0 Å². The van der Waals surface area contributed by atoms with Crippen LogP contribution in [-0.2, 0) is 0 Å². The maximum Gasteiger partial charge on any atom is 0.320 e. The third-order valence-electron chi connectivity index (χ3n) is 4.72. The van der Waals surface area contributed by atoms with Gasteiger partial charge in [-0.1, -0.05) is 19.8 Å². The van der Waals surface area contributed by atoms with Gasteiger partial charge in [0.1, 0.15) is 0 Å². The van der Waals surface area contributed by atoms with E-state index in [1.54, 1.807) is 0 Å². The van der Waals surface area contributed by atoms with Gasteiger partial charge >= 0.3 is 6.03 Å². The second kappa shape index (κ2) is 7.84. The predicted octanol–water partition coefficient (Wildman–Crippen LogP) is 1.34. The first kappa shape index (κ1) is 15.6. The molecule has 2 amide bonds. The molecule has 5 heteroatoms. The van der Waals surface area contributed by atoms with Gasteiger partial charge in [0.05, 0.1) is 0 Å². The molecular formula is C15H30N4O. The van der Waals surface area contributed by atoms with Crippen LogP contribution in [0.1, 0.15) is 39.0 Å². The van der Waals surface area contributed by atoms with Crippen LogP contribution in [0.2, 0.25) is 0 Å². The molecule has 0 aromatic heterocycles. The Morgan fingerprint density at radius 3 is 2.00 bits per heavy atom. The van der Waals surface area contributed by atoms with Gasteiger partial charge in [0.15, 0.2) is 0 Å². The second-order valence-corrected chi connectivity index (χ2v) is 6.00. The molecule has 2 heterocycles. The monoisotopic (exact) mass is 282 g/mol. The van der Waals surface area contributed by atoms with Crippen LogP contribution < -0.4 is 5.73 Å². The highest BCUT2D eigenvalue weighted by Gasteiger charge is 2.27. The number of amides is 2. The lowest BCUT2D eigenvalue weighted by Gasteiger charge is -2.40. The number of hydrogen-bond donors (Lipinski definition) is 1. The van der Waals surface area contributed by atoms with Crippen LogP contribution in [0, 0.1) is 0 Å². The van der Waals surface area contributed by atoms with Crippen molar-refractivity contribution in [2.75, 3.05) is 45.8 Å². The summed E-state index contributed by atoms with van der Waals surface area (Å²) in [6, 6.07) is 0.734. The Balaban J connectivity index is 1.81. The number of nitrogens with zero attached hydrogens (tertiary/aromatic N) is 3. The lowest BCUT2D eigenvalue weighted by molar-refractivity contribution is 0.0917. The van der Waals surface area contributed by atoms with Crippen molar-refractivity contribution in [3.05, 3.63) is 0 Å². The van der Waals surface area contributed by atoms with E-state index in [1.165, 1.54) is 12.8 Å². The topological polar surface area (TPSA) is 52.8 Å². The van der Waals surface area contributed by atoms with Gasteiger partial charge in [0.25, 0.3) is 0 Å². The molecule has 0 saturated carbocycles. The highest BCUT2D eigenvalue weighted by Crippen LogP contribution is 2.14. The van der Waals surface area contributed by atoms with E-state index < -0.39 is 0 Å². The van der Waals surface area contributed by atoms with E-state index in [4.69, 9.17) is 5.73 Å². The number of nitrogens with two attached hydrogens (primary N) is 1. The molecule has 0 aromatic carbocycles. The first-order valence-corrected chi connectivity index (χ1v) is 8.24. The van der Waals surface area contributed by atoms with Crippen LogP contribution in [0.4, 0.5) is 4.79 Å². The van der Waals surface area contributed by atoms with Gasteiger partial charge in [-0.2, -0.15) is 0 Å². The normalized spacial score (nSPS) is 23.5. The fraction of sp³-hybridized carbons (Fsp3) is 0.933. The summed E-state index contributed by atoms with van der Waals surface area (Å²) in [6.45, 7) is 8.43. The van der Waals surface area contributed by atoms with Gasteiger partial charge in [0, 0.05) is 51.9 Å². The van der Waals surface area contributed by atoms with Gasteiger partial charge in [-0.05, 0) is 19.3 Å². The number of hydrogen-bond acceptors (Lipinski definition) is 3. The summed E-state index contributed by atoms with van der Waals surface area (Å²) in [5, 5.41) is 0. The van der Waals surface area contributed by atoms with E-state index in [1.807, 2.05) is 4.90 Å². The first-order chi connectivity index (χ1) is 9.76. The molecular weight excluding hydrogens is 252 g/mol. The van der Waals surface area contributed by atoms with Crippen molar-refractivity contribution in [2.45, 2.75) is 45.1 Å². The van der Waals surface area contributed by atoms with Crippen molar-refractivity contribution in [3.63, 3.8) is 0 Å². The summed E-state index contributed by atoms with van der Waals surface area (Å²) in [4.78, 5) is 19.1. The molecule has 2 aliphatic rings. The predicted molar refractivity (Wildman–Crippen MR) is 81.7 cm³/mol. The van der Waals surface area contributed by atoms with Crippen molar-refractivity contribution in [1.82, 2.24) is 14.7 Å². The highest BCUT2D eigenvalue weighted by atomic mass is 16.2. The number of carbonyl (C=O) groups excluding carboxylic acids is 1. The van der Waals surface area contributed by atoms with Crippen molar-refractivity contribution >= 4 is 6.03 Å². The zero-order valence-corrected chi connectivity index (χ0v) is 12.9. The average molecular weight is 282 g/mol. The molecule has 5 nitrogen and oxygen atoms in total. The van der Waals surface area contributed by atoms with Crippen LogP contribution in [0.3, 0.4) is 0 Å². The highest BCUT2D eigenvalue weighted by molar-refractivity contribution is 5.74. The number of urea groups is 1. The molecule has 2 rings (SSSR count). The summed E-state index contributed by atoms with van der Waals surface area (Å²) < 4.78 is 0. The molecule has 2 fully saturated rings. The summed E-state index contributed by atoms with van der Waals surface area (Å²) in [6.07, 6.45) is 5.96. The molecule has 1 unspecified atom stereocenters. The molecule has 1 atom stereocenters. The summed E-state index contributed by atoms with van der Waals surface area (Å²) >= 11 is 0. The molecule has 116 valence electrons. The maximum absolute atomic E-state index is 12.5. The van der Waals surface area contributed by atoms with Crippen molar-refractivity contribution < 1.29 is 4.79 Å². The van der Waals surface area contributed by atoms with Gasteiger partial charge in [-0.25, -0.2) is 4.79 Å². The first-order valence-electron chi connectivity index (χ1n) is 8.24. The number of rotatable bonds is 3. The van der Waals surface area contributed by atoms with E-state index in [0.717, 1.165) is 65.1 Å². The molecule has 0 aliphatic carbocycles. The quantitative estimate of drug-likeness (QED) is 0.850. The lowest BCUT2D eigenvalue weighted by atomic mass is 10.1. The molecule has 2 aliphatic heterocycles. The van der Waals surface area contributed by atoms with E-state index in [-0.39, 0.29) is 6.03 Å². The van der Waals surface area contributed by atoms with Crippen molar-refractivity contribution in [1.29, 1.82) is 0 Å². The third kappa shape index (κ3) is 3.85. The lowest BCUT2D eigenvalue weighted by Crippen LogP contribution is -2.56. The maximum atomic E-state index is 12.5.